The van der Waals surface area contributed by atoms with E-state index in [0.717, 1.165) is 38.5 Å². The van der Waals surface area contributed by atoms with Gasteiger partial charge in [0.1, 0.15) is 5.82 Å². The maximum Gasteiger partial charge on any atom is 0.130 e. The molecule has 0 unspecified atom stereocenters. The van der Waals surface area contributed by atoms with Crippen molar-refractivity contribution in [3.05, 3.63) is 54.0 Å². The summed E-state index contributed by atoms with van der Waals surface area (Å²) in [7, 11) is 1.91. The number of aromatic nitrogens is 2. The van der Waals surface area contributed by atoms with Crippen molar-refractivity contribution in [1.82, 2.24) is 14.9 Å². The van der Waals surface area contributed by atoms with E-state index in [1.807, 2.05) is 31.6 Å². The van der Waals surface area contributed by atoms with Crippen LogP contribution in [-0.4, -0.2) is 47.7 Å². The van der Waals surface area contributed by atoms with Crippen LogP contribution in [0.4, 0.5) is 5.82 Å². The van der Waals surface area contributed by atoms with Crippen LogP contribution in [0.1, 0.15) is 11.1 Å². The average Bonchev–Trinajstić information content (AvgIpc) is 2.57. The lowest BCUT2D eigenvalue weighted by Gasteiger charge is -2.33. The molecule has 0 bridgehead atoms. The lowest BCUT2D eigenvalue weighted by molar-refractivity contribution is -0.0304. The van der Waals surface area contributed by atoms with Gasteiger partial charge in [0.15, 0.2) is 0 Å². The van der Waals surface area contributed by atoms with E-state index in [-0.39, 0.29) is 6.10 Å². The predicted molar refractivity (Wildman–Crippen MR) is 86.7 cm³/mol. The molecule has 0 amide bonds. The van der Waals surface area contributed by atoms with Crippen molar-refractivity contribution < 1.29 is 4.74 Å². The minimum Gasteiger partial charge on any atom is -0.375 e. The van der Waals surface area contributed by atoms with Crippen molar-refractivity contribution in [3.63, 3.8) is 0 Å². The van der Waals surface area contributed by atoms with Crippen LogP contribution < -0.4 is 5.32 Å². The Morgan fingerprint density at radius 1 is 1.32 bits per heavy atom. The van der Waals surface area contributed by atoms with Crippen LogP contribution in [0.2, 0.25) is 0 Å². The molecule has 3 rings (SSSR count). The van der Waals surface area contributed by atoms with Crippen molar-refractivity contribution in [2.75, 3.05) is 32.1 Å². The zero-order valence-corrected chi connectivity index (χ0v) is 12.9. The zero-order chi connectivity index (χ0) is 15.2. The molecular weight excluding hydrogens is 276 g/mol. The lowest BCUT2D eigenvalue weighted by atomic mass is 10.1. The van der Waals surface area contributed by atoms with E-state index in [1.165, 1.54) is 11.1 Å². The summed E-state index contributed by atoms with van der Waals surface area (Å²) < 4.78 is 5.91. The molecule has 116 valence electrons. The quantitative estimate of drug-likeness (QED) is 0.914. The summed E-state index contributed by atoms with van der Waals surface area (Å²) in [5.74, 6) is 0.956. The topological polar surface area (TPSA) is 50.3 Å². The van der Waals surface area contributed by atoms with Gasteiger partial charge >= 0.3 is 0 Å². The molecule has 1 N–H and O–H groups in total. The largest absolute Gasteiger partial charge is 0.375 e. The van der Waals surface area contributed by atoms with E-state index < -0.39 is 0 Å². The molecule has 22 heavy (non-hydrogen) atoms. The van der Waals surface area contributed by atoms with Crippen molar-refractivity contribution in [2.24, 2.45) is 0 Å². The van der Waals surface area contributed by atoms with E-state index in [0.29, 0.717) is 0 Å². The highest BCUT2D eigenvalue weighted by molar-refractivity contribution is 5.42. The van der Waals surface area contributed by atoms with Gasteiger partial charge in [-0.05, 0) is 17.7 Å². The van der Waals surface area contributed by atoms with Crippen LogP contribution in [0.15, 0.2) is 42.9 Å². The summed E-state index contributed by atoms with van der Waals surface area (Å²) in [6, 6.07) is 8.20. The van der Waals surface area contributed by atoms with E-state index in [1.54, 1.807) is 6.20 Å². The van der Waals surface area contributed by atoms with Gasteiger partial charge in [0, 0.05) is 57.3 Å². The van der Waals surface area contributed by atoms with E-state index in [2.05, 4.69) is 32.3 Å². The number of hydrogen-bond acceptors (Lipinski definition) is 5. The third-order valence-electron chi connectivity index (χ3n) is 3.93. The number of ether oxygens (including phenoxy) is 1. The second-order valence-electron chi connectivity index (χ2n) is 5.55. The third-order valence-corrected chi connectivity index (χ3v) is 3.93. The zero-order valence-electron chi connectivity index (χ0n) is 12.9. The minimum atomic E-state index is 0.229. The van der Waals surface area contributed by atoms with Crippen LogP contribution in [0.25, 0.3) is 0 Å². The first-order chi connectivity index (χ1) is 10.8. The molecule has 5 heteroatoms. The van der Waals surface area contributed by atoms with Gasteiger partial charge < -0.3 is 10.1 Å². The van der Waals surface area contributed by atoms with Crippen LogP contribution in [-0.2, 0) is 17.7 Å². The Hall–Kier alpha value is -1.98. The highest BCUT2D eigenvalue weighted by Crippen LogP contribution is 2.17. The van der Waals surface area contributed by atoms with Crippen molar-refractivity contribution in [2.45, 2.75) is 19.1 Å². The van der Waals surface area contributed by atoms with Gasteiger partial charge in [0.2, 0.25) is 0 Å². The van der Waals surface area contributed by atoms with E-state index >= 15 is 0 Å². The Balaban J connectivity index is 1.61. The minimum absolute atomic E-state index is 0.229. The second-order valence-corrected chi connectivity index (χ2v) is 5.55. The van der Waals surface area contributed by atoms with Gasteiger partial charge in [0.05, 0.1) is 12.7 Å². The monoisotopic (exact) mass is 298 g/mol. The van der Waals surface area contributed by atoms with Gasteiger partial charge in [-0.3, -0.25) is 9.88 Å². The van der Waals surface area contributed by atoms with Crippen molar-refractivity contribution >= 4 is 5.82 Å². The summed E-state index contributed by atoms with van der Waals surface area (Å²) in [6.45, 7) is 3.57. The molecule has 0 aliphatic carbocycles. The smallest absolute Gasteiger partial charge is 0.130 e. The maximum absolute atomic E-state index is 5.91. The first kappa shape index (κ1) is 14.9. The SMILES string of the molecule is CNc1ncccc1CN1CCO[C@H](Cc2cccnc2)C1. The molecule has 1 aliphatic heterocycles. The molecule has 5 nitrogen and oxygen atoms in total. The van der Waals surface area contributed by atoms with Crippen LogP contribution in [0.3, 0.4) is 0 Å². The highest BCUT2D eigenvalue weighted by Gasteiger charge is 2.21. The van der Waals surface area contributed by atoms with Gasteiger partial charge in [0.25, 0.3) is 0 Å². The van der Waals surface area contributed by atoms with Crippen LogP contribution >= 0.6 is 0 Å². The molecule has 1 saturated heterocycles. The Morgan fingerprint density at radius 2 is 2.23 bits per heavy atom. The number of nitrogens with one attached hydrogen (secondary N) is 1. The number of nitrogens with zero attached hydrogens (tertiary/aromatic N) is 3. The molecule has 1 atom stereocenters. The van der Waals surface area contributed by atoms with Gasteiger partial charge in [-0.1, -0.05) is 12.1 Å². The van der Waals surface area contributed by atoms with Crippen molar-refractivity contribution in [1.29, 1.82) is 0 Å². The van der Waals surface area contributed by atoms with Crippen LogP contribution in [0.5, 0.6) is 0 Å². The van der Waals surface area contributed by atoms with E-state index in [9.17, 15) is 0 Å². The molecule has 1 aliphatic rings. The average molecular weight is 298 g/mol. The number of anilines is 1. The molecule has 2 aromatic rings. The molecule has 0 aromatic carbocycles. The molecule has 1 fully saturated rings. The summed E-state index contributed by atoms with van der Waals surface area (Å²) in [4.78, 5) is 11.0. The molecule has 3 heterocycles. The molecule has 0 radical (unpaired) electrons. The van der Waals surface area contributed by atoms with Crippen molar-refractivity contribution in [3.8, 4) is 0 Å². The highest BCUT2D eigenvalue weighted by atomic mass is 16.5. The first-order valence-corrected chi connectivity index (χ1v) is 7.69. The Bertz CT molecular complexity index is 590. The second kappa shape index (κ2) is 7.33. The molecule has 2 aromatic heterocycles. The summed E-state index contributed by atoms with van der Waals surface area (Å²) in [5, 5.41) is 3.16. The fraction of sp³-hybridized carbons (Fsp3) is 0.412. The normalized spacial score (nSPS) is 19.0. The fourth-order valence-electron chi connectivity index (χ4n) is 2.86. The first-order valence-electron chi connectivity index (χ1n) is 7.69. The van der Waals surface area contributed by atoms with E-state index in [4.69, 9.17) is 4.74 Å². The number of rotatable bonds is 5. The van der Waals surface area contributed by atoms with Gasteiger partial charge in [-0.25, -0.2) is 4.98 Å². The van der Waals surface area contributed by atoms with Gasteiger partial charge in [-0.2, -0.15) is 0 Å². The summed E-state index contributed by atoms with van der Waals surface area (Å²) >= 11 is 0. The number of morpholine rings is 1. The predicted octanol–water partition coefficient (Wildman–Crippen LogP) is 1.96. The Kier molecular flexibility index (Phi) is 4.98. The fourth-order valence-corrected chi connectivity index (χ4v) is 2.86. The Morgan fingerprint density at radius 3 is 3.05 bits per heavy atom. The standard InChI is InChI=1S/C17H22N4O/c1-18-17-15(5-3-7-20-17)12-21-8-9-22-16(13-21)10-14-4-2-6-19-11-14/h2-7,11,16H,8-10,12-13H2,1H3,(H,18,20)/t16-/m1/s1. The number of hydrogen-bond donors (Lipinski definition) is 1. The third kappa shape index (κ3) is 3.81. The maximum atomic E-state index is 5.91. The Labute approximate surface area is 131 Å². The lowest BCUT2D eigenvalue weighted by Crippen LogP contribution is -2.42. The van der Waals surface area contributed by atoms with Gasteiger partial charge in [-0.15, -0.1) is 0 Å². The van der Waals surface area contributed by atoms with Crippen LogP contribution in [0, 0.1) is 0 Å². The molecule has 0 saturated carbocycles. The summed E-state index contributed by atoms with van der Waals surface area (Å²) in [6.07, 6.45) is 6.69. The summed E-state index contributed by atoms with van der Waals surface area (Å²) in [5.41, 5.74) is 2.46. The number of pyridine rings is 2. The molecular formula is C17H22N4O. The molecule has 0 spiro atoms.